The van der Waals surface area contributed by atoms with Gasteiger partial charge in [-0.2, -0.15) is 0 Å². The molecule has 0 bridgehead atoms. The second-order valence-corrected chi connectivity index (χ2v) is 7.44. The van der Waals surface area contributed by atoms with Gasteiger partial charge in [0.15, 0.2) is 0 Å². The molecule has 1 amide bonds. The number of halogens is 2. The van der Waals surface area contributed by atoms with E-state index in [0.717, 1.165) is 25.7 Å². The van der Waals surface area contributed by atoms with Crippen molar-refractivity contribution < 1.29 is 4.79 Å². The number of rotatable bonds is 3. The lowest BCUT2D eigenvalue weighted by atomic mass is 9.77. The first-order valence-electron chi connectivity index (χ1n) is 6.91. The summed E-state index contributed by atoms with van der Waals surface area (Å²) in [6.07, 6.45) is 3.61. The van der Waals surface area contributed by atoms with E-state index in [0.29, 0.717) is 26.0 Å². The van der Waals surface area contributed by atoms with Gasteiger partial charge in [-0.1, -0.05) is 30.7 Å². The molecule has 0 atom stereocenters. The Kier molecular flexibility index (Phi) is 5.28. The molecule has 3 nitrogen and oxygen atoms in total. The van der Waals surface area contributed by atoms with E-state index in [4.69, 9.17) is 29.6 Å². The molecule has 0 spiro atoms. The number of hydrogen-bond acceptors (Lipinski definition) is 2. The molecule has 0 saturated heterocycles. The highest BCUT2D eigenvalue weighted by Gasteiger charge is 2.38. The monoisotopic (exact) mass is 388 g/mol. The molecule has 1 saturated carbocycles. The summed E-state index contributed by atoms with van der Waals surface area (Å²) in [6, 6.07) is 5.09. The summed E-state index contributed by atoms with van der Waals surface area (Å²) in [4.78, 5) is 12.9. The van der Waals surface area contributed by atoms with Crippen molar-refractivity contribution in [3.63, 3.8) is 0 Å². The molecule has 0 radical (unpaired) electrons. The first-order chi connectivity index (χ1) is 9.84. The minimum Gasteiger partial charge on any atom is -0.391 e. The highest BCUT2D eigenvalue weighted by atomic mass is 79.9. The number of amides is 1. The summed E-state index contributed by atoms with van der Waals surface area (Å²) in [5.41, 5.74) is 5.88. The van der Waals surface area contributed by atoms with Gasteiger partial charge in [-0.3, -0.25) is 4.79 Å². The van der Waals surface area contributed by atoms with Crippen LogP contribution in [-0.2, 0) is 0 Å². The fraction of sp³-hybridized carbons (Fsp3) is 0.467. The van der Waals surface area contributed by atoms with Crippen LogP contribution in [0.15, 0.2) is 22.7 Å². The maximum Gasteiger partial charge on any atom is 0.253 e. The van der Waals surface area contributed by atoms with Crippen LogP contribution in [0.25, 0.3) is 0 Å². The van der Waals surface area contributed by atoms with Gasteiger partial charge in [-0.15, -0.1) is 0 Å². The molecule has 0 unspecified atom stereocenters. The summed E-state index contributed by atoms with van der Waals surface area (Å²) in [6.45, 7) is 2.21. The van der Waals surface area contributed by atoms with Crippen LogP contribution in [0, 0.1) is 5.92 Å². The van der Waals surface area contributed by atoms with Gasteiger partial charge in [0, 0.05) is 9.50 Å². The third-order valence-electron chi connectivity index (χ3n) is 4.13. The van der Waals surface area contributed by atoms with E-state index in [-0.39, 0.29) is 5.91 Å². The lowest BCUT2D eigenvalue weighted by Crippen LogP contribution is -2.58. The Morgan fingerprint density at radius 3 is 2.62 bits per heavy atom. The Bertz CT molecular complexity index is 571. The fourth-order valence-corrected chi connectivity index (χ4v) is 3.76. The molecule has 0 aliphatic heterocycles. The smallest absolute Gasteiger partial charge is 0.253 e. The van der Waals surface area contributed by atoms with Crippen LogP contribution in [0.3, 0.4) is 0 Å². The van der Waals surface area contributed by atoms with Gasteiger partial charge >= 0.3 is 0 Å². The zero-order valence-corrected chi connectivity index (χ0v) is 14.9. The van der Waals surface area contributed by atoms with E-state index in [1.165, 1.54) is 0 Å². The number of carbonyl (C=O) groups is 1. The summed E-state index contributed by atoms with van der Waals surface area (Å²) in [5.74, 6) is 0.465. The van der Waals surface area contributed by atoms with E-state index < -0.39 is 5.54 Å². The van der Waals surface area contributed by atoms with Crippen LogP contribution < -0.4 is 11.1 Å². The predicted octanol–water partition coefficient (Wildman–Crippen LogP) is 4.07. The van der Waals surface area contributed by atoms with Crippen molar-refractivity contribution in [2.75, 3.05) is 0 Å². The maximum absolute atomic E-state index is 12.5. The third-order valence-corrected chi connectivity index (χ3v) is 5.41. The SMILES string of the molecule is CC1CCC(NC(=O)c2ccc(Cl)cc2Br)(C(N)=S)CC1. The average molecular weight is 390 g/mol. The van der Waals surface area contributed by atoms with Crippen molar-refractivity contribution in [1.29, 1.82) is 0 Å². The summed E-state index contributed by atoms with van der Waals surface area (Å²) < 4.78 is 0.662. The van der Waals surface area contributed by atoms with Crippen molar-refractivity contribution >= 4 is 50.6 Å². The van der Waals surface area contributed by atoms with Crippen LogP contribution in [0.2, 0.25) is 5.02 Å². The molecule has 0 heterocycles. The second kappa shape index (κ2) is 6.63. The zero-order chi connectivity index (χ0) is 15.6. The molecular formula is C15H18BrClN2OS. The molecule has 1 aromatic carbocycles. The number of nitrogens with two attached hydrogens (primary N) is 1. The summed E-state index contributed by atoms with van der Waals surface area (Å²) in [7, 11) is 0. The van der Waals surface area contributed by atoms with E-state index >= 15 is 0 Å². The normalized spacial score (nSPS) is 25.4. The van der Waals surface area contributed by atoms with Crippen molar-refractivity contribution in [2.45, 2.75) is 38.1 Å². The first kappa shape index (κ1) is 16.7. The lowest BCUT2D eigenvalue weighted by Gasteiger charge is -2.39. The van der Waals surface area contributed by atoms with Gasteiger partial charge in [0.25, 0.3) is 5.91 Å². The minimum absolute atomic E-state index is 0.180. The number of hydrogen-bond donors (Lipinski definition) is 2. The Hall–Kier alpha value is -0.650. The Morgan fingerprint density at radius 1 is 1.48 bits per heavy atom. The van der Waals surface area contributed by atoms with Crippen LogP contribution in [0.5, 0.6) is 0 Å². The van der Waals surface area contributed by atoms with E-state index in [1.54, 1.807) is 18.2 Å². The van der Waals surface area contributed by atoms with Crippen LogP contribution in [0.4, 0.5) is 0 Å². The minimum atomic E-state index is -0.571. The van der Waals surface area contributed by atoms with Crippen molar-refractivity contribution in [1.82, 2.24) is 5.32 Å². The Balaban J connectivity index is 2.21. The molecule has 3 N–H and O–H groups in total. The van der Waals surface area contributed by atoms with Gasteiger partial charge in [0.1, 0.15) is 0 Å². The van der Waals surface area contributed by atoms with Gasteiger partial charge in [-0.05, 0) is 65.7 Å². The largest absolute Gasteiger partial charge is 0.391 e. The Labute approximate surface area is 143 Å². The number of thiocarbonyl (C=S) groups is 1. The lowest BCUT2D eigenvalue weighted by molar-refractivity contribution is 0.0900. The van der Waals surface area contributed by atoms with Gasteiger partial charge in [0.05, 0.1) is 16.1 Å². The molecule has 2 rings (SSSR count). The molecule has 0 aromatic heterocycles. The number of benzene rings is 1. The standard InChI is InChI=1S/C15H18BrClN2OS/c1-9-4-6-15(7-5-9,14(18)21)19-13(20)11-3-2-10(17)8-12(11)16/h2-3,8-9H,4-7H2,1H3,(H2,18,21)(H,19,20). The maximum atomic E-state index is 12.5. The van der Waals surface area contributed by atoms with Crippen LogP contribution in [0.1, 0.15) is 43.0 Å². The molecular weight excluding hydrogens is 372 g/mol. The van der Waals surface area contributed by atoms with E-state index in [1.807, 2.05) is 0 Å². The van der Waals surface area contributed by atoms with E-state index in [9.17, 15) is 4.79 Å². The molecule has 1 fully saturated rings. The van der Waals surface area contributed by atoms with Crippen LogP contribution in [-0.4, -0.2) is 16.4 Å². The molecule has 114 valence electrons. The topological polar surface area (TPSA) is 55.1 Å². The number of nitrogens with one attached hydrogen (secondary N) is 1. The fourth-order valence-electron chi connectivity index (χ4n) is 2.65. The van der Waals surface area contributed by atoms with Crippen molar-refractivity contribution in [2.24, 2.45) is 11.7 Å². The first-order valence-corrected chi connectivity index (χ1v) is 8.49. The highest BCUT2D eigenvalue weighted by molar-refractivity contribution is 9.10. The summed E-state index contributed by atoms with van der Waals surface area (Å²) in [5, 5.41) is 3.63. The van der Waals surface area contributed by atoms with Gasteiger partial charge in [0.2, 0.25) is 0 Å². The Morgan fingerprint density at radius 2 is 2.10 bits per heavy atom. The molecule has 1 aromatic rings. The highest BCUT2D eigenvalue weighted by Crippen LogP contribution is 2.33. The van der Waals surface area contributed by atoms with Crippen LogP contribution >= 0.6 is 39.7 Å². The van der Waals surface area contributed by atoms with Crippen molar-refractivity contribution in [3.05, 3.63) is 33.3 Å². The average Bonchev–Trinajstić information content (AvgIpc) is 2.41. The molecule has 21 heavy (non-hydrogen) atoms. The predicted molar refractivity (Wildman–Crippen MR) is 93.8 cm³/mol. The molecule has 1 aliphatic rings. The summed E-state index contributed by atoms with van der Waals surface area (Å²) >= 11 is 14.5. The van der Waals surface area contributed by atoms with E-state index in [2.05, 4.69) is 28.2 Å². The third kappa shape index (κ3) is 3.76. The quantitative estimate of drug-likeness (QED) is 0.766. The van der Waals surface area contributed by atoms with Crippen molar-refractivity contribution in [3.8, 4) is 0 Å². The molecule has 6 heteroatoms. The van der Waals surface area contributed by atoms with Gasteiger partial charge < -0.3 is 11.1 Å². The number of carbonyl (C=O) groups excluding carboxylic acids is 1. The van der Waals surface area contributed by atoms with Gasteiger partial charge in [-0.25, -0.2) is 0 Å². The molecule has 1 aliphatic carbocycles. The zero-order valence-electron chi connectivity index (χ0n) is 11.8. The second-order valence-electron chi connectivity index (χ2n) is 5.71.